The van der Waals surface area contributed by atoms with E-state index in [0.29, 0.717) is 19.4 Å². The Bertz CT molecular complexity index is 769. The summed E-state index contributed by atoms with van der Waals surface area (Å²) < 4.78 is 5.21. The second kappa shape index (κ2) is 6.12. The smallest absolute Gasteiger partial charge is 0.335 e. The van der Waals surface area contributed by atoms with Gasteiger partial charge in [-0.1, -0.05) is 12.1 Å². The number of carboxylic acid groups (broad SMARTS) is 1. The molecular formula is C18H17NO4. The second-order valence-corrected chi connectivity index (χ2v) is 5.48. The SMILES string of the molecule is COc1cccc(CN2C(=O)CCc3cc(C(=O)O)ccc32)c1. The lowest BCUT2D eigenvalue weighted by atomic mass is 9.98. The Morgan fingerprint density at radius 3 is 2.78 bits per heavy atom. The van der Waals surface area contributed by atoms with Gasteiger partial charge < -0.3 is 14.7 Å². The fourth-order valence-electron chi connectivity index (χ4n) is 2.82. The summed E-state index contributed by atoms with van der Waals surface area (Å²) in [6.45, 7) is 0.440. The lowest BCUT2D eigenvalue weighted by Crippen LogP contribution is -2.34. The van der Waals surface area contributed by atoms with E-state index >= 15 is 0 Å². The molecule has 23 heavy (non-hydrogen) atoms. The van der Waals surface area contributed by atoms with E-state index < -0.39 is 5.97 Å². The molecule has 118 valence electrons. The maximum absolute atomic E-state index is 12.3. The molecule has 0 aliphatic carbocycles. The number of nitrogens with zero attached hydrogens (tertiary/aromatic N) is 1. The highest BCUT2D eigenvalue weighted by Crippen LogP contribution is 2.30. The zero-order valence-corrected chi connectivity index (χ0v) is 12.8. The van der Waals surface area contributed by atoms with Crippen molar-refractivity contribution < 1.29 is 19.4 Å². The average Bonchev–Trinajstić information content (AvgIpc) is 2.57. The number of aromatic carboxylic acids is 1. The molecule has 0 unspecified atom stereocenters. The van der Waals surface area contributed by atoms with Gasteiger partial charge in [0.25, 0.3) is 0 Å². The van der Waals surface area contributed by atoms with Crippen molar-refractivity contribution in [3.05, 3.63) is 59.2 Å². The highest BCUT2D eigenvalue weighted by atomic mass is 16.5. The minimum atomic E-state index is -0.955. The average molecular weight is 311 g/mol. The van der Waals surface area contributed by atoms with E-state index in [0.717, 1.165) is 22.6 Å². The van der Waals surface area contributed by atoms with Gasteiger partial charge in [0.1, 0.15) is 5.75 Å². The lowest BCUT2D eigenvalue weighted by molar-refractivity contribution is -0.119. The predicted octanol–water partition coefficient (Wildman–Crippen LogP) is 2.87. The molecule has 0 aromatic heterocycles. The van der Waals surface area contributed by atoms with E-state index in [-0.39, 0.29) is 11.5 Å². The molecule has 1 amide bonds. The van der Waals surface area contributed by atoms with Crippen LogP contribution in [0.15, 0.2) is 42.5 Å². The molecule has 0 spiro atoms. The van der Waals surface area contributed by atoms with E-state index in [1.807, 2.05) is 24.3 Å². The number of ether oxygens (including phenoxy) is 1. The van der Waals surface area contributed by atoms with Crippen LogP contribution in [0.25, 0.3) is 0 Å². The fourth-order valence-corrected chi connectivity index (χ4v) is 2.82. The lowest BCUT2D eigenvalue weighted by Gasteiger charge is -2.29. The van der Waals surface area contributed by atoms with Gasteiger partial charge in [0.15, 0.2) is 0 Å². The topological polar surface area (TPSA) is 66.8 Å². The number of anilines is 1. The minimum Gasteiger partial charge on any atom is -0.497 e. The summed E-state index contributed by atoms with van der Waals surface area (Å²) in [6, 6.07) is 12.5. The Morgan fingerprint density at radius 1 is 1.22 bits per heavy atom. The molecule has 1 aliphatic heterocycles. The second-order valence-electron chi connectivity index (χ2n) is 5.48. The number of hydrogen-bond acceptors (Lipinski definition) is 3. The largest absolute Gasteiger partial charge is 0.497 e. The van der Waals surface area contributed by atoms with Gasteiger partial charge in [-0.15, -0.1) is 0 Å². The number of benzene rings is 2. The van der Waals surface area contributed by atoms with Crippen molar-refractivity contribution >= 4 is 17.6 Å². The van der Waals surface area contributed by atoms with Gasteiger partial charge in [-0.05, 0) is 47.9 Å². The third kappa shape index (κ3) is 3.04. The number of carboxylic acids is 1. The molecule has 1 heterocycles. The van der Waals surface area contributed by atoms with E-state index in [1.165, 1.54) is 0 Å². The summed E-state index contributed by atoms with van der Waals surface area (Å²) in [5, 5.41) is 9.10. The van der Waals surface area contributed by atoms with Gasteiger partial charge in [-0.2, -0.15) is 0 Å². The first kappa shape index (κ1) is 15.1. The third-order valence-corrected chi connectivity index (χ3v) is 4.00. The van der Waals surface area contributed by atoms with Crippen molar-refractivity contribution in [1.82, 2.24) is 0 Å². The molecule has 2 aromatic rings. The zero-order chi connectivity index (χ0) is 16.4. The number of carbonyl (C=O) groups excluding carboxylic acids is 1. The maximum atomic E-state index is 12.3. The minimum absolute atomic E-state index is 0.0448. The molecule has 0 radical (unpaired) electrons. The molecule has 0 saturated carbocycles. The van der Waals surface area contributed by atoms with Crippen LogP contribution in [-0.2, 0) is 17.8 Å². The Balaban J connectivity index is 1.93. The van der Waals surface area contributed by atoms with Crippen molar-refractivity contribution in [2.24, 2.45) is 0 Å². The Hall–Kier alpha value is -2.82. The van der Waals surface area contributed by atoms with Crippen LogP contribution in [0.5, 0.6) is 5.75 Å². The highest BCUT2D eigenvalue weighted by molar-refractivity contribution is 5.97. The molecule has 5 nitrogen and oxygen atoms in total. The first-order chi connectivity index (χ1) is 11.1. The highest BCUT2D eigenvalue weighted by Gasteiger charge is 2.25. The van der Waals surface area contributed by atoms with Crippen LogP contribution in [-0.4, -0.2) is 24.1 Å². The maximum Gasteiger partial charge on any atom is 0.335 e. The standard InChI is InChI=1S/C18H17NO4/c1-23-15-4-2-3-12(9-15)11-19-16-7-5-14(18(21)22)10-13(16)6-8-17(19)20/h2-5,7,9-10H,6,8,11H2,1H3,(H,21,22). The third-order valence-electron chi connectivity index (χ3n) is 4.00. The van der Waals surface area contributed by atoms with E-state index in [1.54, 1.807) is 30.2 Å². The van der Waals surface area contributed by atoms with Crippen molar-refractivity contribution in [2.45, 2.75) is 19.4 Å². The van der Waals surface area contributed by atoms with Crippen LogP contribution in [0.2, 0.25) is 0 Å². The first-order valence-electron chi connectivity index (χ1n) is 7.38. The van der Waals surface area contributed by atoms with Crippen molar-refractivity contribution in [1.29, 1.82) is 0 Å². The van der Waals surface area contributed by atoms with Gasteiger partial charge in [0, 0.05) is 12.1 Å². The van der Waals surface area contributed by atoms with Gasteiger partial charge in [-0.3, -0.25) is 4.79 Å². The summed E-state index contributed by atoms with van der Waals surface area (Å²) in [5.41, 5.74) is 2.90. The summed E-state index contributed by atoms with van der Waals surface area (Å²) in [5.74, 6) is -0.166. The number of hydrogen-bond donors (Lipinski definition) is 1. The molecule has 0 atom stereocenters. The van der Waals surface area contributed by atoms with E-state index in [2.05, 4.69) is 0 Å². The number of fused-ring (bicyclic) bond motifs is 1. The molecular weight excluding hydrogens is 294 g/mol. The number of aryl methyl sites for hydroxylation is 1. The summed E-state index contributed by atoms with van der Waals surface area (Å²) in [6.07, 6.45) is 0.962. The predicted molar refractivity (Wildman–Crippen MR) is 85.9 cm³/mol. The van der Waals surface area contributed by atoms with Gasteiger partial charge in [-0.25, -0.2) is 4.79 Å². The monoisotopic (exact) mass is 311 g/mol. The van der Waals surface area contributed by atoms with Crippen LogP contribution in [0.4, 0.5) is 5.69 Å². The van der Waals surface area contributed by atoms with Gasteiger partial charge in [0.2, 0.25) is 5.91 Å². The molecule has 3 rings (SSSR count). The van der Waals surface area contributed by atoms with Crippen LogP contribution < -0.4 is 9.64 Å². The Morgan fingerprint density at radius 2 is 2.04 bits per heavy atom. The van der Waals surface area contributed by atoms with Crippen LogP contribution >= 0.6 is 0 Å². The normalized spacial score (nSPS) is 13.6. The Kier molecular flexibility index (Phi) is 4.02. The fraction of sp³-hybridized carbons (Fsp3) is 0.222. The number of methoxy groups -OCH3 is 1. The number of rotatable bonds is 4. The summed E-state index contributed by atoms with van der Waals surface area (Å²) >= 11 is 0. The molecule has 0 saturated heterocycles. The molecule has 1 aliphatic rings. The summed E-state index contributed by atoms with van der Waals surface area (Å²) in [4.78, 5) is 25.1. The molecule has 1 N–H and O–H groups in total. The summed E-state index contributed by atoms with van der Waals surface area (Å²) in [7, 11) is 1.61. The van der Waals surface area contributed by atoms with Crippen molar-refractivity contribution in [3.63, 3.8) is 0 Å². The van der Waals surface area contributed by atoms with E-state index in [4.69, 9.17) is 9.84 Å². The quantitative estimate of drug-likeness (QED) is 0.943. The number of carbonyl (C=O) groups is 2. The molecule has 0 fully saturated rings. The van der Waals surface area contributed by atoms with E-state index in [9.17, 15) is 9.59 Å². The molecule has 5 heteroatoms. The van der Waals surface area contributed by atoms with Crippen LogP contribution in [0.1, 0.15) is 27.9 Å². The Labute approximate surface area is 134 Å². The molecule has 0 bridgehead atoms. The van der Waals surface area contributed by atoms with Crippen LogP contribution in [0, 0.1) is 0 Å². The van der Waals surface area contributed by atoms with Crippen LogP contribution in [0.3, 0.4) is 0 Å². The van der Waals surface area contributed by atoms with Gasteiger partial charge >= 0.3 is 5.97 Å². The molecule has 2 aromatic carbocycles. The first-order valence-corrected chi connectivity index (χ1v) is 7.38. The van der Waals surface area contributed by atoms with Crippen molar-refractivity contribution in [3.8, 4) is 5.75 Å². The number of amides is 1. The zero-order valence-electron chi connectivity index (χ0n) is 12.8. The van der Waals surface area contributed by atoms with Crippen molar-refractivity contribution in [2.75, 3.05) is 12.0 Å². The van der Waals surface area contributed by atoms with Gasteiger partial charge in [0.05, 0.1) is 19.2 Å².